The molecule has 0 aliphatic heterocycles. The fourth-order valence-corrected chi connectivity index (χ4v) is 2.98. The third-order valence-corrected chi connectivity index (χ3v) is 4.31. The van der Waals surface area contributed by atoms with Crippen LogP contribution in [0.4, 0.5) is 0 Å². The predicted octanol–water partition coefficient (Wildman–Crippen LogP) is 2.62. The van der Waals surface area contributed by atoms with E-state index in [-0.39, 0.29) is 18.1 Å². The summed E-state index contributed by atoms with van der Waals surface area (Å²) in [4.78, 5) is 16.4. The molecule has 2 aromatic rings. The highest BCUT2D eigenvalue weighted by Crippen LogP contribution is 2.23. The molecule has 2 N–H and O–H groups in total. The van der Waals surface area contributed by atoms with Gasteiger partial charge in [-0.2, -0.15) is 0 Å². The van der Waals surface area contributed by atoms with Crippen LogP contribution in [0.1, 0.15) is 37.4 Å². The lowest BCUT2D eigenvalue weighted by molar-refractivity contribution is -0.130. The average molecular weight is 326 g/mol. The standard InChI is InChI=1S/C19H22N2O3/c22-18(14-6-2-1-3-7-14)19(23)21-15-9-11-16(12-10-15)24-17-8-4-5-13-20-17/h1-8,13,15-16,18,22H,9-12H2,(H,21,23). The first kappa shape index (κ1) is 16.5. The fraction of sp³-hybridized carbons (Fsp3) is 0.368. The van der Waals surface area contributed by atoms with E-state index in [2.05, 4.69) is 10.3 Å². The van der Waals surface area contributed by atoms with Crippen LogP contribution in [0, 0.1) is 0 Å². The van der Waals surface area contributed by atoms with Crippen LogP contribution in [0.3, 0.4) is 0 Å². The van der Waals surface area contributed by atoms with E-state index in [9.17, 15) is 9.90 Å². The highest BCUT2D eigenvalue weighted by Gasteiger charge is 2.26. The van der Waals surface area contributed by atoms with Gasteiger partial charge in [0.15, 0.2) is 6.10 Å². The van der Waals surface area contributed by atoms with Crippen LogP contribution in [-0.2, 0) is 4.79 Å². The third-order valence-electron chi connectivity index (χ3n) is 4.31. The summed E-state index contributed by atoms with van der Waals surface area (Å²) in [6.07, 6.45) is 4.13. The second kappa shape index (κ2) is 7.93. The predicted molar refractivity (Wildman–Crippen MR) is 90.5 cm³/mol. The van der Waals surface area contributed by atoms with Gasteiger partial charge < -0.3 is 15.2 Å². The lowest BCUT2D eigenvalue weighted by Gasteiger charge is -2.29. The molecule has 1 unspecified atom stereocenters. The Kier molecular flexibility index (Phi) is 5.43. The van der Waals surface area contributed by atoms with Crippen molar-refractivity contribution in [3.63, 3.8) is 0 Å². The second-order valence-corrected chi connectivity index (χ2v) is 6.08. The molecule has 0 bridgehead atoms. The Morgan fingerprint density at radius 3 is 2.46 bits per heavy atom. The number of aromatic nitrogens is 1. The Bertz CT molecular complexity index is 640. The Hall–Kier alpha value is -2.40. The maximum Gasteiger partial charge on any atom is 0.253 e. The molecule has 1 fully saturated rings. The van der Waals surface area contributed by atoms with Crippen molar-refractivity contribution >= 4 is 5.91 Å². The Morgan fingerprint density at radius 2 is 1.79 bits per heavy atom. The number of benzene rings is 1. The molecule has 5 nitrogen and oxygen atoms in total. The maximum atomic E-state index is 12.2. The van der Waals surface area contributed by atoms with Crippen molar-refractivity contribution in [1.82, 2.24) is 10.3 Å². The number of carbonyl (C=O) groups is 1. The number of aliphatic hydroxyl groups excluding tert-OH is 1. The molecule has 1 aliphatic carbocycles. The zero-order chi connectivity index (χ0) is 16.8. The first-order valence-electron chi connectivity index (χ1n) is 8.33. The van der Waals surface area contributed by atoms with Crippen LogP contribution in [-0.4, -0.2) is 28.1 Å². The lowest BCUT2D eigenvalue weighted by Crippen LogP contribution is -2.41. The number of pyridine rings is 1. The minimum atomic E-state index is -1.12. The van der Waals surface area contributed by atoms with E-state index < -0.39 is 6.10 Å². The largest absolute Gasteiger partial charge is 0.474 e. The zero-order valence-corrected chi connectivity index (χ0v) is 13.5. The SMILES string of the molecule is O=C(NC1CCC(Oc2ccccn2)CC1)C(O)c1ccccc1. The van der Waals surface area contributed by atoms with Crippen LogP contribution in [0.25, 0.3) is 0 Å². The van der Waals surface area contributed by atoms with Crippen LogP contribution < -0.4 is 10.1 Å². The third kappa shape index (κ3) is 4.32. The Balaban J connectivity index is 1.46. The van der Waals surface area contributed by atoms with E-state index in [1.54, 1.807) is 18.3 Å². The van der Waals surface area contributed by atoms with Crippen LogP contribution in [0.5, 0.6) is 5.88 Å². The van der Waals surface area contributed by atoms with Crippen molar-refractivity contribution in [1.29, 1.82) is 0 Å². The summed E-state index contributed by atoms with van der Waals surface area (Å²) in [7, 11) is 0. The molecular weight excluding hydrogens is 304 g/mol. The van der Waals surface area contributed by atoms with Gasteiger partial charge in [0, 0.05) is 18.3 Å². The van der Waals surface area contributed by atoms with Gasteiger partial charge in [-0.1, -0.05) is 36.4 Å². The molecule has 126 valence electrons. The van der Waals surface area contributed by atoms with Crippen molar-refractivity contribution in [3.05, 3.63) is 60.3 Å². The van der Waals surface area contributed by atoms with Crippen molar-refractivity contribution in [3.8, 4) is 5.88 Å². The zero-order valence-electron chi connectivity index (χ0n) is 13.5. The van der Waals surface area contributed by atoms with Gasteiger partial charge in [0.2, 0.25) is 5.88 Å². The molecule has 1 heterocycles. The summed E-state index contributed by atoms with van der Waals surface area (Å²) in [5, 5.41) is 13.1. The number of carbonyl (C=O) groups excluding carboxylic acids is 1. The highest BCUT2D eigenvalue weighted by atomic mass is 16.5. The molecule has 1 aromatic heterocycles. The topological polar surface area (TPSA) is 71.5 Å². The average Bonchev–Trinajstić information content (AvgIpc) is 2.64. The summed E-state index contributed by atoms with van der Waals surface area (Å²) < 4.78 is 5.85. The van der Waals surface area contributed by atoms with Crippen molar-refractivity contribution in [2.24, 2.45) is 0 Å². The van der Waals surface area contributed by atoms with Crippen molar-refractivity contribution in [2.75, 3.05) is 0 Å². The summed E-state index contributed by atoms with van der Waals surface area (Å²) in [6, 6.07) is 14.7. The van der Waals surface area contributed by atoms with Gasteiger partial charge in [0.05, 0.1) is 0 Å². The monoisotopic (exact) mass is 326 g/mol. The summed E-state index contributed by atoms with van der Waals surface area (Å²) in [5.74, 6) is 0.305. The van der Waals surface area contributed by atoms with Gasteiger partial charge in [0.1, 0.15) is 6.10 Å². The van der Waals surface area contributed by atoms with Crippen LogP contribution in [0.15, 0.2) is 54.7 Å². The number of rotatable bonds is 5. The Morgan fingerprint density at radius 1 is 1.08 bits per heavy atom. The van der Waals surface area contributed by atoms with Gasteiger partial charge in [-0.05, 0) is 37.3 Å². The molecule has 1 saturated carbocycles. The van der Waals surface area contributed by atoms with Crippen molar-refractivity contribution in [2.45, 2.75) is 43.9 Å². The minimum Gasteiger partial charge on any atom is -0.474 e. The number of hydrogen-bond donors (Lipinski definition) is 2. The van der Waals surface area contributed by atoms with Gasteiger partial charge in [-0.15, -0.1) is 0 Å². The van der Waals surface area contributed by atoms with E-state index in [1.165, 1.54) is 0 Å². The number of ether oxygens (including phenoxy) is 1. The van der Waals surface area contributed by atoms with Gasteiger partial charge in [0.25, 0.3) is 5.91 Å². The van der Waals surface area contributed by atoms with Gasteiger partial charge >= 0.3 is 0 Å². The first-order valence-corrected chi connectivity index (χ1v) is 8.33. The molecule has 0 spiro atoms. The fourth-order valence-electron chi connectivity index (χ4n) is 2.98. The smallest absolute Gasteiger partial charge is 0.253 e. The van der Waals surface area contributed by atoms with Gasteiger partial charge in [-0.25, -0.2) is 4.98 Å². The van der Waals surface area contributed by atoms with Crippen molar-refractivity contribution < 1.29 is 14.6 Å². The van der Waals surface area contributed by atoms with E-state index >= 15 is 0 Å². The van der Waals surface area contributed by atoms with Crippen LogP contribution >= 0.6 is 0 Å². The molecular formula is C19H22N2O3. The highest BCUT2D eigenvalue weighted by molar-refractivity contribution is 5.82. The lowest BCUT2D eigenvalue weighted by atomic mass is 9.92. The maximum absolute atomic E-state index is 12.2. The number of aliphatic hydroxyl groups is 1. The second-order valence-electron chi connectivity index (χ2n) is 6.08. The number of amides is 1. The number of nitrogens with one attached hydrogen (secondary N) is 1. The normalized spacial score (nSPS) is 21.7. The van der Waals surface area contributed by atoms with E-state index in [4.69, 9.17) is 4.74 Å². The van der Waals surface area contributed by atoms with Crippen LogP contribution in [0.2, 0.25) is 0 Å². The van der Waals surface area contributed by atoms with E-state index in [0.717, 1.165) is 25.7 Å². The van der Waals surface area contributed by atoms with E-state index in [0.29, 0.717) is 11.4 Å². The number of hydrogen-bond acceptors (Lipinski definition) is 4. The minimum absolute atomic E-state index is 0.0828. The molecule has 0 saturated heterocycles. The molecule has 1 aromatic carbocycles. The molecule has 5 heteroatoms. The Labute approximate surface area is 141 Å². The van der Waals surface area contributed by atoms with Gasteiger partial charge in [-0.3, -0.25) is 4.79 Å². The molecule has 1 amide bonds. The molecule has 1 aliphatic rings. The summed E-state index contributed by atoms with van der Waals surface area (Å²) >= 11 is 0. The quantitative estimate of drug-likeness (QED) is 0.886. The molecule has 0 radical (unpaired) electrons. The first-order chi connectivity index (χ1) is 11.7. The van der Waals surface area contributed by atoms with E-state index in [1.807, 2.05) is 36.4 Å². The summed E-state index contributed by atoms with van der Waals surface area (Å²) in [5.41, 5.74) is 0.613. The molecule has 1 atom stereocenters. The summed E-state index contributed by atoms with van der Waals surface area (Å²) in [6.45, 7) is 0. The molecule has 24 heavy (non-hydrogen) atoms. The number of nitrogens with zero attached hydrogens (tertiary/aromatic N) is 1. The molecule has 3 rings (SSSR count).